The molecule has 0 saturated carbocycles. The van der Waals surface area contributed by atoms with Crippen molar-refractivity contribution in [2.75, 3.05) is 0 Å². The van der Waals surface area contributed by atoms with Crippen LogP contribution in [0.25, 0.3) is 10.9 Å². The first-order valence-electron chi connectivity index (χ1n) is 5.59. The molecule has 0 radical (unpaired) electrons. The molecular weight excluding hydrogens is 264 g/mol. The molecule has 1 aromatic heterocycles. The van der Waals surface area contributed by atoms with E-state index in [1.54, 1.807) is 0 Å². The monoisotopic (exact) mass is 278 g/mol. The molecule has 0 aliphatic carbocycles. The summed E-state index contributed by atoms with van der Waals surface area (Å²) < 4.78 is 3.53. The largest absolute Gasteiger partial charge is 0.341 e. The van der Waals surface area contributed by atoms with Gasteiger partial charge >= 0.3 is 0 Å². The van der Waals surface area contributed by atoms with E-state index in [1.165, 1.54) is 22.2 Å². The molecule has 1 aliphatic heterocycles. The van der Waals surface area contributed by atoms with Crippen molar-refractivity contribution in [3.05, 3.63) is 33.9 Å². The number of hydrogen-bond acceptors (Lipinski definition) is 1. The van der Waals surface area contributed by atoms with E-state index in [4.69, 9.17) is 5.73 Å². The summed E-state index contributed by atoms with van der Waals surface area (Å²) in [6.45, 7) is 5.18. The highest BCUT2D eigenvalue weighted by molar-refractivity contribution is 9.10. The van der Waals surface area contributed by atoms with Crippen molar-refractivity contribution >= 4 is 26.8 Å². The number of para-hydroxylation sites is 1. The average Bonchev–Trinajstić information content (AvgIpc) is 2.71. The summed E-state index contributed by atoms with van der Waals surface area (Å²) in [6, 6.07) is 6.51. The summed E-state index contributed by atoms with van der Waals surface area (Å²) in [5.41, 5.74) is 9.98. The van der Waals surface area contributed by atoms with Crippen LogP contribution in [0.2, 0.25) is 0 Å². The second-order valence-electron chi connectivity index (χ2n) is 5.10. The van der Waals surface area contributed by atoms with Gasteiger partial charge in [-0.3, -0.25) is 0 Å². The summed E-state index contributed by atoms with van der Waals surface area (Å²) in [5.74, 6) is 0. The van der Waals surface area contributed by atoms with Crippen LogP contribution < -0.4 is 5.73 Å². The van der Waals surface area contributed by atoms with Crippen LogP contribution in [0.15, 0.2) is 22.7 Å². The molecule has 16 heavy (non-hydrogen) atoms. The second kappa shape index (κ2) is 3.11. The molecular formula is C13H15BrN2. The van der Waals surface area contributed by atoms with Crippen LogP contribution in [0.5, 0.6) is 0 Å². The first-order chi connectivity index (χ1) is 7.50. The minimum Gasteiger partial charge on any atom is -0.341 e. The highest BCUT2D eigenvalue weighted by Crippen LogP contribution is 2.40. The van der Waals surface area contributed by atoms with Gasteiger partial charge in [0.2, 0.25) is 0 Å². The van der Waals surface area contributed by atoms with Gasteiger partial charge in [-0.1, -0.05) is 18.2 Å². The molecule has 2 aromatic rings. The standard InChI is InChI=1S/C13H15BrN2/c1-13(2,15)12-10(14)9-5-3-4-8-6-7-16(12)11(8)9/h3-5H,6-7,15H2,1-2H3. The zero-order chi connectivity index (χ0) is 11.5. The Balaban J connectivity index is 2.47. The predicted octanol–water partition coefficient (Wildman–Crippen LogP) is 3.15. The predicted molar refractivity (Wildman–Crippen MR) is 70.6 cm³/mol. The zero-order valence-corrected chi connectivity index (χ0v) is 11.1. The van der Waals surface area contributed by atoms with E-state index in [-0.39, 0.29) is 5.54 Å². The quantitative estimate of drug-likeness (QED) is 0.854. The second-order valence-corrected chi connectivity index (χ2v) is 5.89. The van der Waals surface area contributed by atoms with E-state index in [2.05, 4.69) is 52.5 Å². The lowest BCUT2D eigenvalue weighted by Gasteiger charge is -2.21. The SMILES string of the molecule is CC(C)(N)c1c(Br)c2cccc3c2n1CC3. The Morgan fingerprint density at radius 3 is 2.81 bits per heavy atom. The van der Waals surface area contributed by atoms with Crippen molar-refractivity contribution in [1.82, 2.24) is 4.57 Å². The maximum Gasteiger partial charge on any atom is 0.0528 e. The molecule has 3 rings (SSSR count). The zero-order valence-electron chi connectivity index (χ0n) is 9.55. The lowest BCUT2D eigenvalue weighted by molar-refractivity contribution is 0.500. The van der Waals surface area contributed by atoms with E-state index >= 15 is 0 Å². The van der Waals surface area contributed by atoms with Gasteiger partial charge in [0.25, 0.3) is 0 Å². The van der Waals surface area contributed by atoms with Crippen molar-refractivity contribution in [1.29, 1.82) is 0 Å². The highest BCUT2D eigenvalue weighted by Gasteiger charge is 2.29. The number of hydrogen-bond donors (Lipinski definition) is 1. The summed E-state index contributed by atoms with van der Waals surface area (Å²) >= 11 is 3.71. The number of benzene rings is 1. The fourth-order valence-corrected chi connectivity index (χ4v) is 3.78. The van der Waals surface area contributed by atoms with Gasteiger partial charge in [-0.05, 0) is 41.8 Å². The smallest absolute Gasteiger partial charge is 0.0528 e. The summed E-state index contributed by atoms with van der Waals surface area (Å²) in [7, 11) is 0. The maximum absolute atomic E-state index is 6.27. The number of nitrogens with two attached hydrogens (primary N) is 1. The van der Waals surface area contributed by atoms with Gasteiger partial charge in [-0.2, -0.15) is 0 Å². The van der Waals surface area contributed by atoms with Gasteiger partial charge in [0, 0.05) is 16.4 Å². The van der Waals surface area contributed by atoms with Crippen molar-refractivity contribution < 1.29 is 0 Å². The van der Waals surface area contributed by atoms with Gasteiger partial charge < -0.3 is 10.3 Å². The van der Waals surface area contributed by atoms with Crippen LogP contribution in [-0.4, -0.2) is 4.57 Å². The summed E-state index contributed by atoms with van der Waals surface area (Å²) in [6.07, 6.45) is 1.13. The van der Waals surface area contributed by atoms with Gasteiger partial charge in [-0.25, -0.2) is 0 Å². The minimum absolute atomic E-state index is 0.306. The van der Waals surface area contributed by atoms with Gasteiger partial charge in [0.15, 0.2) is 0 Å². The first-order valence-corrected chi connectivity index (χ1v) is 6.38. The number of nitrogens with zero attached hydrogens (tertiary/aromatic N) is 1. The fourth-order valence-electron chi connectivity index (χ4n) is 2.73. The van der Waals surface area contributed by atoms with Crippen LogP contribution in [0.3, 0.4) is 0 Å². The Bertz CT molecular complexity index is 576. The molecule has 3 heteroatoms. The van der Waals surface area contributed by atoms with E-state index in [9.17, 15) is 0 Å². The number of aromatic nitrogens is 1. The lowest BCUT2D eigenvalue weighted by Crippen LogP contribution is -2.31. The first kappa shape index (κ1) is 10.4. The third-order valence-corrected chi connectivity index (χ3v) is 4.12. The van der Waals surface area contributed by atoms with Crippen molar-refractivity contribution in [2.24, 2.45) is 5.73 Å². The molecule has 2 nitrogen and oxygen atoms in total. The molecule has 0 fully saturated rings. The Morgan fingerprint density at radius 2 is 2.12 bits per heavy atom. The number of aryl methyl sites for hydroxylation is 2. The topological polar surface area (TPSA) is 30.9 Å². The van der Waals surface area contributed by atoms with Crippen LogP contribution in [0.4, 0.5) is 0 Å². The number of halogens is 1. The van der Waals surface area contributed by atoms with Crippen molar-refractivity contribution in [3.8, 4) is 0 Å². The highest BCUT2D eigenvalue weighted by atomic mass is 79.9. The average molecular weight is 279 g/mol. The molecule has 0 unspecified atom stereocenters. The van der Waals surface area contributed by atoms with E-state index < -0.39 is 0 Å². The Kier molecular flexibility index (Phi) is 2.01. The Hall–Kier alpha value is -0.800. The van der Waals surface area contributed by atoms with Crippen LogP contribution in [-0.2, 0) is 18.5 Å². The van der Waals surface area contributed by atoms with E-state index in [0.29, 0.717) is 0 Å². The molecule has 84 valence electrons. The molecule has 0 saturated heterocycles. The molecule has 2 heterocycles. The third-order valence-electron chi connectivity index (χ3n) is 3.32. The molecule has 0 amide bonds. The molecule has 0 spiro atoms. The number of rotatable bonds is 1. The lowest BCUT2D eigenvalue weighted by atomic mass is 10.0. The van der Waals surface area contributed by atoms with Crippen LogP contribution in [0.1, 0.15) is 25.1 Å². The van der Waals surface area contributed by atoms with Crippen LogP contribution in [0, 0.1) is 0 Å². The van der Waals surface area contributed by atoms with E-state index in [0.717, 1.165) is 17.4 Å². The van der Waals surface area contributed by atoms with E-state index in [1.807, 2.05) is 0 Å². The molecule has 1 aromatic carbocycles. The molecule has 2 N–H and O–H groups in total. The van der Waals surface area contributed by atoms with Crippen molar-refractivity contribution in [3.63, 3.8) is 0 Å². The Labute approximate surface area is 104 Å². The third kappa shape index (κ3) is 1.22. The summed E-state index contributed by atoms with van der Waals surface area (Å²) in [5, 5.41) is 1.29. The Morgan fingerprint density at radius 1 is 1.38 bits per heavy atom. The molecule has 0 atom stereocenters. The molecule has 0 bridgehead atoms. The minimum atomic E-state index is -0.306. The fraction of sp³-hybridized carbons (Fsp3) is 0.385. The maximum atomic E-state index is 6.27. The van der Waals surface area contributed by atoms with Gasteiger partial charge in [0.1, 0.15) is 0 Å². The normalized spacial score (nSPS) is 15.0. The summed E-state index contributed by atoms with van der Waals surface area (Å²) in [4.78, 5) is 0. The van der Waals surface area contributed by atoms with Crippen LogP contribution >= 0.6 is 15.9 Å². The van der Waals surface area contributed by atoms with Gasteiger partial charge in [0.05, 0.1) is 16.7 Å². The molecule has 1 aliphatic rings. The van der Waals surface area contributed by atoms with Gasteiger partial charge in [-0.15, -0.1) is 0 Å². The van der Waals surface area contributed by atoms with Crippen molar-refractivity contribution in [2.45, 2.75) is 32.4 Å².